The number of carbonyl (C=O) groups is 1. The minimum absolute atomic E-state index is 0.0729. The molecule has 13 heavy (non-hydrogen) atoms. The molecule has 0 aromatic carbocycles. The Labute approximate surface area is 74.3 Å². The highest BCUT2D eigenvalue weighted by molar-refractivity contribution is 5.86. The predicted octanol–water partition coefficient (Wildman–Crippen LogP) is 1.34. The van der Waals surface area contributed by atoms with Crippen molar-refractivity contribution in [2.45, 2.75) is 13.0 Å². The predicted molar refractivity (Wildman–Crippen MR) is 40.2 cm³/mol. The van der Waals surface area contributed by atoms with E-state index in [1.807, 2.05) is 0 Å². The largest absolute Gasteiger partial charge is 0.462 e. The van der Waals surface area contributed by atoms with E-state index in [2.05, 4.69) is 16.1 Å². The SMILES string of the molecule is C=C(C)C(=O)OCC1COC1(F)F. The molecule has 1 aliphatic heterocycles. The summed E-state index contributed by atoms with van der Waals surface area (Å²) in [6.45, 7) is 4.38. The van der Waals surface area contributed by atoms with E-state index in [4.69, 9.17) is 0 Å². The van der Waals surface area contributed by atoms with Crippen LogP contribution >= 0.6 is 0 Å². The van der Waals surface area contributed by atoms with Gasteiger partial charge in [-0.15, -0.1) is 0 Å². The van der Waals surface area contributed by atoms with Gasteiger partial charge in [0.2, 0.25) is 0 Å². The molecule has 1 heterocycles. The first kappa shape index (κ1) is 10.1. The van der Waals surface area contributed by atoms with E-state index in [9.17, 15) is 13.6 Å². The van der Waals surface area contributed by atoms with Crippen LogP contribution in [0.25, 0.3) is 0 Å². The molecule has 0 bridgehead atoms. The van der Waals surface area contributed by atoms with Gasteiger partial charge in [-0.1, -0.05) is 6.58 Å². The van der Waals surface area contributed by atoms with Gasteiger partial charge < -0.3 is 9.47 Å². The van der Waals surface area contributed by atoms with Crippen molar-refractivity contribution in [3.63, 3.8) is 0 Å². The number of halogens is 2. The molecule has 5 heteroatoms. The maximum atomic E-state index is 12.4. The lowest BCUT2D eigenvalue weighted by molar-refractivity contribution is -0.362. The molecule has 1 rings (SSSR count). The summed E-state index contributed by atoms with van der Waals surface area (Å²) in [6, 6.07) is 0. The minimum atomic E-state index is -3.14. The van der Waals surface area contributed by atoms with Crippen LogP contribution in [0.15, 0.2) is 12.2 Å². The van der Waals surface area contributed by atoms with Gasteiger partial charge in [0, 0.05) is 5.57 Å². The number of ether oxygens (including phenoxy) is 2. The summed E-state index contributed by atoms with van der Waals surface area (Å²) in [7, 11) is 0. The van der Waals surface area contributed by atoms with Crippen LogP contribution in [0.3, 0.4) is 0 Å². The second-order valence-electron chi connectivity index (χ2n) is 2.95. The van der Waals surface area contributed by atoms with Crippen molar-refractivity contribution in [2.24, 2.45) is 5.92 Å². The Morgan fingerprint density at radius 3 is 2.69 bits per heavy atom. The lowest BCUT2D eigenvalue weighted by Crippen LogP contribution is -2.49. The monoisotopic (exact) mass is 192 g/mol. The van der Waals surface area contributed by atoms with E-state index < -0.39 is 18.0 Å². The normalized spacial score (nSPS) is 24.7. The summed E-state index contributed by atoms with van der Waals surface area (Å²) in [5, 5.41) is 0. The van der Waals surface area contributed by atoms with Crippen LogP contribution in [0.5, 0.6) is 0 Å². The number of hydrogen-bond donors (Lipinski definition) is 0. The van der Waals surface area contributed by atoms with Crippen LogP contribution in [0.4, 0.5) is 8.78 Å². The zero-order valence-corrected chi connectivity index (χ0v) is 7.18. The van der Waals surface area contributed by atoms with Gasteiger partial charge in [0.1, 0.15) is 12.5 Å². The molecular weight excluding hydrogens is 182 g/mol. The van der Waals surface area contributed by atoms with Crippen LogP contribution < -0.4 is 0 Å². The van der Waals surface area contributed by atoms with Crippen molar-refractivity contribution in [2.75, 3.05) is 13.2 Å². The number of esters is 1. The molecule has 1 aliphatic rings. The van der Waals surface area contributed by atoms with E-state index in [0.717, 1.165) is 0 Å². The molecule has 1 atom stereocenters. The average Bonchev–Trinajstić information content (AvgIpc) is 2.02. The quantitative estimate of drug-likeness (QED) is 0.500. The van der Waals surface area contributed by atoms with Crippen molar-refractivity contribution in [3.8, 4) is 0 Å². The van der Waals surface area contributed by atoms with Crippen molar-refractivity contribution in [1.29, 1.82) is 0 Å². The highest BCUT2D eigenvalue weighted by atomic mass is 19.3. The summed E-state index contributed by atoms with van der Waals surface area (Å²) in [6.07, 6.45) is -3.14. The van der Waals surface area contributed by atoms with E-state index in [1.54, 1.807) is 0 Å². The molecule has 1 saturated heterocycles. The first-order valence-corrected chi connectivity index (χ1v) is 3.78. The fraction of sp³-hybridized carbons (Fsp3) is 0.625. The van der Waals surface area contributed by atoms with Gasteiger partial charge >= 0.3 is 12.1 Å². The highest BCUT2D eigenvalue weighted by Gasteiger charge is 2.51. The topological polar surface area (TPSA) is 35.5 Å². The molecular formula is C8H10F2O3. The second kappa shape index (κ2) is 3.41. The Balaban J connectivity index is 2.28. The lowest BCUT2D eigenvalue weighted by Gasteiger charge is -2.35. The Morgan fingerprint density at radius 1 is 1.77 bits per heavy atom. The van der Waals surface area contributed by atoms with Crippen LogP contribution in [-0.2, 0) is 14.3 Å². The number of carbonyl (C=O) groups excluding carboxylic acids is 1. The first-order chi connectivity index (χ1) is 5.93. The second-order valence-corrected chi connectivity index (χ2v) is 2.95. The molecule has 0 amide bonds. The van der Waals surface area contributed by atoms with Gasteiger partial charge in [-0.25, -0.2) is 4.79 Å². The first-order valence-electron chi connectivity index (χ1n) is 3.78. The van der Waals surface area contributed by atoms with Gasteiger partial charge in [-0.3, -0.25) is 0 Å². The van der Waals surface area contributed by atoms with E-state index >= 15 is 0 Å². The van der Waals surface area contributed by atoms with Crippen LogP contribution in [0.1, 0.15) is 6.92 Å². The minimum Gasteiger partial charge on any atom is -0.462 e. The van der Waals surface area contributed by atoms with Gasteiger partial charge in [-0.05, 0) is 6.92 Å². The van der Waals surface area contributed by atoms with Gasteiger partial charge in [0.15, 0.2) is 0 Å². The number of rotatable bonds is 3. The molecule has 1 unspecified atom stereocenters. The Hall–Kier alpha value is -0.970. The third-order valence-corrected chi connectivity index (χ3v) is 1.72. The molecule has 0 saturated carbocycles. The van der Waals surface area contributed by atoms with Gasteiger partial charge in [0.25, 0.3) is 0 Å². The highest BCUT2D eigenvalue weighted by Crippen LogP contribution is 2.36. The number of alkyl halides is 2. The third kappa shape index (κ3) is 2.24. The summed E-state index contributed by atoms with van der Waals surface area (Å²) in [4.78, 5) is 10.8. The Kier molecular flexibility index (Phi) is 2.66. The third-order valence-electron chi connectivity index (χ3n) is 1.72. The summed E-state index contributed by atoms with van der Waals surface area (Å²) in [5.41, 5.74) is 0.198. The van der Waals surface area contributed by atoms with Crippen molar-refractivity contribution < 1.29 is 23.0 Å². The smallest absolute Gasteiger partial charge is 0.364 e. The molecule has 0 aliphatic carbocycles. The zero-order valence-electron chi connectivity index (χ0n) is 7.18. The molecule has 1 fully saturated rings. The maximum absolute atomic E-state index is 12.4. The Morgan fingerprint density at radius 2 is 2.38 bits per heavy atom. The maximum Gasteiger partial charge on any atom is 0.364 e. The fourth-order valence-electron chi connectivity index (χ4n) is 0.772. The molecule has 3 nitrogen and oxygen atoms in total. The average molecular weight is 192 g/mol. The van der Waals surface area contributed by atoms with E-state index in [0.29, 0.717) is 0 Å². The lowest BCUT2D eigenvalue weighted by atomic mass is 10.1. The summed E-state index contributed by atoms with van der Waals surface area (Å²) in [5.74, 6) is -1.67. The van der Waals surface area contributed by atoms with E-state index in [1.165, 1.54) is 6.92 Å². The molecule has 0 spiro atoms. The molecule has 0 aromatic heterocycles. The van der Waals surface area contributed by atoms with Crippen molar-refractivity contribution in [1.82, 2.24) is 0 Å². The molecule has 0 N–H and O–H groups in total. The fourth-order valence-corrected chi connectivity index (χ4v) is 0.772. The standard InChI is InChI=1S/C8H10F2O3/c1-5(2)7(11)12-3-6-4-13-8(6,9)10/h6H,1,3-4H2,2H3. The van der Waals surface area contributed by atoms with Crippen LogP contribution in [-0.4, -0.2) is 25.3 Å². The Bertz CT molecular complexity index is 238. The molecule has 0 aromatic rings. The molecule has 0 radical (unpaired) electrons. The van der Waals surface area contributed by atoms with Crippen LogP contribution in [0, 0.1) is 5.92 Å². The molecule has 74 valence electrons. The van der Waals surface area contributed by atoms with E-state index in [-0.39, 0.29) is 18.8 Å². The zero-order chi connectivity index (χ0) is 10.1. The van der Waals surface area contributed by atoms with Crippen molar-refractivity contribution in [3.05, 3.63) is 12.2 Å². The van der Waals surface area contributed by atoms with Gasteiger partial charge in [0.05, 0.1) is 6.61 Å². The summed E-state index contributed by atoms with van der Waals surface area (Å²) < 4.78 is 33.4. The summed E-state index contributed by atoms with van der Waals surface area (Å²) >= 11 is 0. The van der Waals surface area contributed by atoms with Crippen molar-refractivity contribution >= 4 is 5.97 Å². The van der Waals surface area contributed by atoms with Crippen LogP contribution in [0.2, 0.25) is 0 Å². The number of hydrogen-bond acceptors (Lipinski definition) is 3. The van der Waals surface area contributed by atoms with Gasteiger partial charge in [-0.2, -0.15) is 8.78 Å².